The number of amides is 1. The van der Waals surface area contributed by atoms with Crippen LogP contribution >= 0.6 is 11.8 Å². The van der Waals surface area contributed by atoms with Crippen LogP contribution in [0.3, 0.4) is 0 Å². The van der Waals surface area contributed by atoms with E-state index in [2.05, 4.69) is 24.4 Å². The fourth-order valence-electron chi connectivity index (χ4n) is 2.37. The molecule has 2 aromatic carbocycles. The zero-order valence-electron chi connectivity index (χ0n) is 14.3. The van der Waals surface area contributed by atoms with Gasteiger partial charge in [-0.05, 0) is 35.2 Å². The van der Waals surface area contributed by atoms with Crippen LogP contribution in [0.15, 0.2) is 48.5 Å². The van der Waals surface area contributed by atoms with E-state index in [1.807, 2.05) is 36.4 Å². The van der Waals surface area contributed by atoms with Gasteiger partial charge in [-0.15, -0.1) is 0 Å². The first-order valence-corrected chi connectivity index (χ1v) is 9.48. The SMILES string of the molecule is CCc1ccc(CC(=O)Nc2cccc(CSCCC(=O)O)c2)cc1. The summed E-state index contributed by atoms with van der Waals surface area (Å²) in [6, 6.07) is 15.8. The van der Waals surface area contributed by atoms with E-state index in [1.165, 1.54) is 5.56 Å². The van der Waals surface area contributed by atoms with Gasteiger partial charge in [-0.1, -0.05) is 43.3 Å². The van der Waals surface area contributed by atoms with Gasteiger partial charge in [-0.2, -0.15) is 11.8 Å². The van der Waals surface area contributed by atoms with Crippen molar-refractivity contribution < 1.29 is 14.7 Å². The number of hydrogen-bond acceptors (Lipinski definition) is 3. The second-order valence-corrected chi connectivity index (χ2v) is 6.90. The van der Waals surface area contributed by atoms with E-state index < -0.39 is 5.97 Å². The van der Waals surface area contributed by atoms with E-state index in [9.17, 15) is 9.59 Å². The van der Waals surface area contributed by atoms with E-state index in [0.29, 0.717) is 12.2 Å². The molecule has 0 atom stereocenters. The third-order valence-electron chi connectivity index (χ3n) is 3.74. The molecule has 0 aliphatic rings. The minimum Gasteiger partial charge on any atom is -0.481 e. The van der Waals surface area contributed by atoms with Gasteiger partial charge in [0, 0.05) is 17.2 Å². The molecule has 2 rings (SSSR count). The lowest BCUT2D eigenvalue weighted by molar-refractivity contribution is -0.136. The third-order valence-corrected chi connectivity index (χ3v) is 4.77. The van der Waals surface area contributed by atoms with Crippen LogP contribution in [0.1, 0.15) is 30.0 Å². The standard InChI is InChI=1S/C20H23NO3S/c1-2-15-6-8-16(9-7-15)13-19(22)21-18-5-3-4-17(12-18)14-25-11-10-20(23)24/h3-9,12H,2,10-11,13-14H2,1H3,(H,21,22)(H,23,24). The first-order valence-electron chi connectivity index (χ1n) is 8.33. The van der Waals surface area contributed by atoms with Crippen molar-refractivity contribution in [2.24, 2.45) is 0 Å². The molecule has 0 saturated carbocycles. The maximum absolute atomic E-state index is 12.2. The van der Waals surface area contributed by atoms with Crippen LogP contribution in [0, 0.1) is 0 Å². The van der Waals surface area contributed by atoms with Gasteiger partial charge in [0.1, 0.15) is 0 Å². The number of aliphatic carboxylic acids is 1. The van der Waals surface area contributed by atoms with Crippen LogP contribution in [0.5, 0.6) is 0 Å². The van der Waals surface area contributed by atoms with Crippen molar-refractivity contribution in [3.05, 3.63) is 65.2 Å². The average Bonchev–Trinajstić information content (AvgIpc) is 2.59. The summed E-state index contributed by atoms with van der Waals surface area (Å²) in [5, 5.41) is 11.6. The summed E-state index contributed by atoms with van der Waals surface area (Å²) < 4.78 is 0. The van der Waals surface area contributed by atoms with Gasteiger partial charge in [0.2, 0.25) is 5.91 Å². The molecule has 0 unspecified atom stereocenters. The topological polar surface area (TPSA) is 66.4 Å². The molecule has 0 bridgehead atoms. The Morgan fingerprint density at radius 3 is 2.44 bits per heavy atom. The van der Waals surface area contributed by atoms with Crippen LogP contribution < -0.4 is 5.32 Å². The molecule has 2 N–H and O–H groups in total. The Kier molecular flexibility index (Phi) is 7.54. The zero-order chi connectivity index (χ0) is 18.1. The number of hydrogen-bond donors (Lipinski definition) is 2. The van der Waals surface area contributed by atoms with Gasteiger partial charge in [-0.3, -0.25) is 9.59 Å². The molecule has 0 aromatic heterocycles. The van der Waals surface area contributed by atoms with E-state index in [4.69, 9.17) is 5.11 Å². The highest BCUT2D eigenvalue weighted by Gasteiger charge is 2.05. The Labute approximate surface area is 152 Å². The monoisotopic (exact) mass is 357 g/mol. The zero-order valence-corrected chi connectivity index (χ0v) is 15.1. The Hall–Kier alpha value is -2.27. The first-order chi connectivity index (χ1) is 12.1. The lowest BCUT2D eigenvalue weighted by Crippen LogP contribution is -2.14. The van der Waals surface area contributed by atoms with Gasteiger partial charge >= 0.3 is 5.97 Å². The predicted octanol–water partition coefficient (Wildman–Crippen LogP) is 4.14. The summed E-state index contributed by atoms with van der Waals surface area (Å²) in [6.45, 7) is 2.11. The number of anilines is 1. The lowest BCUT2D eigenvalue weighted by Gasteiger charge is -2.08. The summed E-state index contributed by atoms with van der Waals surface area (Å²) in [5.41, 5.74) is 4.10. The highest BCUT2D eigenvalue weighted by molar-refractivity contribution is 7.98. The molecule has 4 nitrogen and oxygen atoms in total. The second kappa shape index (κ2) is 9.89. The number of aryl methyl sites for hydroxylation is 1. The van der Waals surface area contributed by atoms with E-state index in [-0.39, 0.29) is 12.3 Å². The summed E-state index contributed by atoms with van der Waals surface area (Å²) in [4.78, 5) is 22.7. The van der Waals surface area contributed by atoms with Crippen LogP contribution in [0.25, 0.3) is 0 Å². The Balaban J connectivity index is 1.85. The Morgan fingerprint density at radius 2 is 1.76 bits per heavy atom. The quantitative estimate of drug-likeness (QED) is 0.662. The van der Waals surface area contributed by atoms with Gasteiger partial charge in [0.15, 0.2) is 0 Å². The second-order valence-electron chi connectivity index (χ2n) is 5.79. The predicted molar refractivity (Wildman–Crippen MR) is 103 cm³/mol. The summed E-state index contributed by atoms with van der Waals surface area (Å²) in [5.74, 6) is 0.496. The number of carboxylic acids is 1. The summed E-state index contributed by atoms with van der Waals surface area (Å²) >= 11 is 1.57. The van der Waals surface area contributed by atoms with Crippen molar-refractivity contribution in [3.63, 3.8) is 0 Å². The van der Waals surface area contributed by atoms with Crippen molar-refractivity contribution in [1.82, 2.24) is 0 Å². The first kappa shape index (κ1) is 19.1. The highest BCUT2D eigenvalue weighted by Crippen LogP contribution is 2.17. The fraction of sp³-hybridized carbons (Fsp3) is 0.300. The number of rotatable bonds is 9. The molecule has 25 heavy (non-hydrogen) atoms. The fourth-order valence-corrected chi connectivity index (χ4v) is 3.25. The largest absolute Gasteiger partial charge is 0.481 e. The number of carboxylic acid groups (broad SMARTS) is 1. The molecule has 0 aliphatic heterocycles. The third kappa shape index (κ3) is 7.01. The van der Waals surface area contributed by atoms with Crippen molar-refractivity contribution in [1.29, 1.82) is 0 Å². The van der Waals surface area contributed by atoms with Crippen molar-refractivity contribution >= 4 is 29.3 Å². The smallest absolute Gasteiger partial charge is 0.304 e. The molecule has 0 aliphatic carbocycles. The van der Waals surface area contributed by atoms with Crippen LogP contribution in [0.2, 0.25) is 0 Å². The summed E-state index contributed by atoms with van der Waals surface area (Å²) in [7, 11) is 0. The molecule has 0 spiro atoms. The van der Waals surface area contributed by atoms with Crippen LogP contribution in [0.4, 0.5) is 5.69 Å². The van der Waals surface area contributed by atoms with Crippen molar-refractivity contribution in [3.8, 4) is 0 Å². The minimum absolute atomic E-state index is 0.0417. The van der Waals surface area contributed by atoms with Crippen LogP contribution in [-0.2, 0) is 28.2 Å². The molecule has 2 aromatic rings. The molecule has 0 fully saturated rings. The molecule has 1 amide bonds. The molecular formula is C20H23NO3S. The molecule has 0 heterocycles. The van der Waals surface area contributed by atoms with Gasteiger partial charge in [-0.25, -0.2) is 0 Å². The number of thioether (sulfide) groups is 1. The van der Waals surface area contributed by atoms with E-state index >= 15 is 0 Å². The molecule has 132 valence electrons. The van der Waals surface area contributed by atoms with Crippen molar-refractivity contribution in [2.45, 2.75) is 31.9 Å². The van der Waals surface area contributed by atoms with Gasteiger partial charge in [0.05, 0.1) is 12.8 Å². The molecule has 0 radical (unpaired) electrons. The van der Waals surface area contributed by atoms with Crippen molar-refractivity contribution in [2.75, 3.05) is 11.1 Å². The average molecular weight is 357 g/mol. The highest BCUT2D eigenvalue weighted by atomic mass is 32.2. The normalized spacial score (nSPS) is 10.4. The maximum Gasteiger partial charge on any atom is 0.304 e. The lowest BCUT2D eigenvalue weighted by atomic mass is 10.1. The van der Waals surface area contributed by atoms with E-state index in [1.54, 1.807) is 11.8 Å². The van der Waals surface area contributed by atoms with Crippen LogP contribution in [-0.4, -0.2) is 22.7 Å². The summed E-state index contributed by atoms with van der Waals surface area (Å²) in [6.07, 6.45) is 1.50. The van der Waals surface area contributed by atoms with Gasteiger partial charge < -0.3 is 10.4 Å². The Morgan fingerprint density at radius 1 is 1.04 bits per heavy atom. The van der Waals surface area contributed by atoms with Gasteiger partial charge in [0.25, 0.3) is 0 Å². The molecule has 0 saturated heterocycles. The molecule has 5 heteroatoms. The Bertz CT molecular complexity index is 713. The number of benzene rings is 2. The number of nitrogens with one attached hydrogen (secondary N) is 1. The molecular weight excluding hydrogens is 334 g/mol. The minimum atomic E-state index is -0.777. The maximum atomic E-state index is 12.2. The number of carbonyl (C=O) groups is 2. The van der Waals surface area contributed by atoms with E-state index in [0.717, 1.165) is 29.0 Å². The number of carbonyl (C=O) groups excluding carboxylic acids is 1.